The fraction of sp³-hybridized carbons (Fsp3) is 0.214. The van der Waals surface area contributed by atoms with E-state index in [1.807, 2.05) is 25.1 Å². The molecule has 0 aliphatic heterocycles. The van der Waals surface area contributed by atoms with E-state index in [1.54, 1.807) is 14.0 Å². The minimum atomic E-state index is -0.637. The zero-order valence-corrected chi connectivity index (χ0v) is 11.6. The van der Waals surface area contributed by atoms with E-state index in [1.165, 1.54) is 0 Å². The Kier molecular flexibility index (Phi) is 3.56. The molecule has 0 saturated carbocycles. The summed E-state index contributed by atoms with van der Waals surface area (Å²) in [6, 6.07) is 5.66. The van der Waals surface area contributed by atoms with Crippen molar-refractivity contribution in [1.29, 1.82) is 0 Å². The molecule has 0 aliphatic carbocycles. The average molecular weight is 272 g/mol. The number of amides is 1. The van der Waals surface area contributed by atoms with Gasteiger partial charge in [-0.25, -0.2) is 9.97 Å². The van der Waals surface area contributed by atoms with E-state index in [-0.39, 0.29) is 11.4 Å². The van der Waals surface area contributed by atoms with E-state index in [9.17, 15) is 4.79 Å². The fourth-order valence-electron chi connectivity index (χ4n) is 2.00. The number of nitrogens with two attached hydrogens (primary N) is 2. The summed E-state index contributed by atoms with van der Waals surface area (Å²) in [7, 11) is 1.58. The fourth-order valence-corrected chi connectivity index (χ4v) is 2.00. The number of carbonyl (C=O) groups is 1. The lowest BCUT2D eigenvalue weighted by Gasteiger charge is -2.11. The molecule has 0 atom stereocenters. The number of benzene rings is 1. The highest BCUT2D eigenvalue weighted by Gasteiger charge is 2.16. The van der Waals surface area contributed by atoms with Crippen molar-refractivity contribution in [3.8, 4) is 17.1 Å². The Morgan fingerprint density at radius 1 is 1.25 bits per heavy atom. The summed E-state index contributed by atoms with van der Waals surface area (Å²) in [4.78, 5) is 19.7. The Balaban J connectivity index is 2.63. The maximum atomic E-state index is 11.3. The molecule has 4 N–H and O–H groups in total. The van der Waals surface area contributed by atoms with Crippen LogP contribution in [0.5, 0.6) is 5.75 Å². The Bertz CT molecular complexity index is 660. The van der Waals surface area contributed by atoms with Crippen molar-refractivity contribution < 1.29 is 9.53 Å². The molecule has 0 unspecified atom stereocenters. The van der Waals surface area contributed by atoms with Gasteiger partial charge in [0.1, 0.15) is 17.1 Å². The lowest BCUT2D eigenvalue weighted by molar-refractivity contribution is 0.1000. The largest absolute Gasteiger partial charge is 0.496 e. The summed E-state index contributed by atoms with van der Waals surface area (Å²) in [6.45, 7) is 3.63. The number of ether oxygens (including phenoxy) is 1. The summed E-state index contributed by atoms with van der Waals surface area (Å²) < 4.78 is 5.33. The first-order valence-electron chi connectivity index (χ1n) is 6.03. The van der Waals surface area contributed by atoms with E-state index >= 15 is 0 Å². The normalized spacial score (nSPS) is 10.3. The molecule has 0 spiro atoms. The molecule has 2 rings (SSSR count). The number of nitrogen functional groups attached to an aromatic ring is 1. The molecule has 1 amide bonds. The summed E-state index contributed by atoms with van der Waals surface area (Å²) in [5.74, 6) is 0.488. The van der Waals surface area contributed by atoms with E-state index in [0.29, 0.717) is 22.8 Å². The summed E-state index contributed by atoms with van der Waals surface area (Å²) in [5.41, 5.74) is 13.4. The van der Waals surface area contributed by atoms with Gasteiger partial charge in [0, 0.05) is 0 Å². The highest BCUT2D eigenvalue weighted by molar-refractivity contribution is 5.98. The molecular formula is C14H16N4O2. The van der Waals surface area contributed by atoms with E-state index in [0.717, 1.165) is 5.56 Å². The highest BCUT2D eigenvalue weighted by Crippen LogP contribution is 2.29. The topological polar surface area (TPSA) is 104 Å². The minimum Gasteiger partial charge on any atom is -0.496 e. The number of hydrogen-bond acceptors (Lipinski definition) is 5. The molecule has 1 aromatic heterocycles. The smallest absolute Gasteiger partial charge is 0.254 e. The van der Waals surface area contributed by atoms with Gasteiger partial charge in [-0.2, -0.15) is 0 Å². The molecule has 0 saturated heterocycles. The van der Waals surface area contributed by atoms with Gasteiger partial charge in [0.05, 0.1) is 18.4 Å². The second-order valence-corrected chi connectivity index (χ2v) is 4.46. The first-order chi connectivity index (χ1) is 9.43. The monoisotopic (exact) mass is 272 g/mol. The predicted octanol–water partition coefficient (Wildman–Crippen LogP) is 1.45. The van der Waals surface area contributed by atoms with E-state index < -0.39 is 5.91 Å². The molecule has 0 fully saturated rings. The zero-order chi connectivity index (χ0) is 14.9. The molecule has 2 aromatic rings. The second-order valence-electron chi connectivity index (χ2n) is 4.46. The van der Waals surface area contributed by atoms with Crippen LogP contribution in [0.25, 0.3) is 11.4 Å². The van der Waals surface area contributed by atoms with Crippen LogP contribution in [0.4, 0.5) is 5.82 Å². The van der Waals surface area contributed by atoms with Crippen LogP contribution in [0.3, 0.4) is 0 Å². The number of aromatic nitrogens is 2. The summed E-state index contributed by atoms with van der Waals surface area (Å²) >= 11 is 0. The van der Waals surface area contributed by atoms with Crippen molar-refractivity contribution in [2.45, 2.75) is 13.8 Å². The Labute approximate surface area is 116 Å². The lowest BCUT2D eigenvalue weighted by atomic mass is 10.1. The Morgan fingerprint density at radius 3 is 2.50 bits per heavy atom. The summed E-state index contributed by atoms with van der Waals surface area (Å²) in [6.07, 6.45) is 0. The van der Waals surface area contributed by atoms with Gasteiger partial charge in [0.2, 0.25) is 0 Å². The maximum absolute atomic E-state index is 11.3. The molecule has 6 heteroatoms. The number of primary amides is 1. The second kappa shape index (κ2) is 5.16. The average Bonchev–Trinajstić information content (AvgIpc) is 2.37. The maximum Gasteiger partial charge on any atom is 0.254 e. The number of hydrogen-bond donors (Lipinski definition) is 2. The van der Waals surface area contributed by atoms with E-state index in [4.69, 9.17) is 16.2 Å². The van der Waals surface area contributed by atoms with Gasteiger partial charge in [0.25, 0.3) is 5.91 Å². The predicted molar refractivity (Wildman–Crippen MR) is 76.4 cm³/mol. The van der Waals surface area contributed by atoms with Crippen molar-refractivity contribution in [3.05, 3.63) is 35.0 Å². The first kappa shape index (κ1) is 13.8. The van der Waals surface area contributed by atoms with Crippen LogP contribution in [0.1, 0.15) is 21.6 Å². The SMILES string of the molecule is COc1cc(C)ccc1-c1nc(C)c(C(N)=O)c(N)n1. The molecule has 0 aliphatic rings. The van der Waals surface area contributed by atoms with Crippen LogP contribution in [0, 0.1) is 13.8 Å². The van der Waals surface area contributed by atoms with Crippen LogP contribution in [-0.2, 0) is 0 Å². The van der Waals surface area contributed by atoms with Crippen LogP contribution in [0.15, 0.2) is 18.2 Å². The van der Waals surface area contributed by atoms with Gasteiger partial charge in [0.15, 0.2) is 5.82 Å². The lowest BCUT2D eigenvalue weighted by Crippen LogP contribution is -2.17. The van der Waals surface area contributed by atoms with Crippen LogP contribution < -0.4 is 16.2 Å². The van der Waals surface area contributed by atoms with Crippen LogP contribution >= 0.6 is 0 Å². The van der Waals surface area contributed by atoms with Gasteiger partial charge < -0.3 is 16.2 Å². The van der Waals surface area contributed by atoms with E-state index in [2.05, 4.69) is 9.97 Å². The van der Waals surface area contributed by atoms with Crippen molar-refractivity contribution in [3.63, 3.8) is 0 Å². The first-order valence-corrected chi connectivity index (χ1v) is 6.03. The van der Waals surface area contributed by atoms with Gasteiger partial charge >= 0.3 is 0 Å². The van der Waals surface area contributed by atoms with Crippen molar-refractivity contribution in [2.75, 3.05) is 12.8 Å². The Morgan fingerprint density at radius 2 is 1.95 bits per heavy atom. The van der Waals surface area contributed by atoms with Crippen LogP contribution in [0.2, 0.25) is 0 Å². The number of anilines is 1. The van der Waals surface area contributed by atoms with Crippen molar-refractivity contribution in [1.82, 2.24) is 9.97 Å². The third-order valence-corrected chi connectivity index (χ3v) is 2.96. The number of aryl methyl sites for hydroxylation is 2. The zero-order valence-electron chi connectivity index (χ0n) is 11.6. The molecule has 1 heterocycles. The highest BCUT2D eigenvalue weighted by atomic mass is 16.5. The van der Waals surface area contributed by atoms with Crippen molar-refractivity contribution >= 4 is 11.7 Å². The third-order valence-electron chi connectivity index (χ3n) is 2.96. The van der Waals surface area contributed by atoms with Gasteiger partial charge in [-0.15, -0.1) is 0 Å². The number of methoxy groups -OCH3 is 1. The third kappa shape index (κ3) is 2.40. The number of nitrogens with zero attached hydrogens (tertiary/aromatic N) is 2. The molecule has 1 aromatic carbocycles. The van der Waals surface area contributed by atoms with Gasteiger partial charge in [-0.1, -0.05) is 6.07 Å². The van der Waals surface area contributed by atoms with Gasteiger partial charge in [-0.05, 0) is 31.5 Å². The quantitative estimate of drug-likeness (QED) is 0.880. The summed E-state index contributed by atoms with van der Waals surface area (Å²) in [5, 5.41) is 0. The Hall–Kier alpha value is -2.63. The van der Waals surface area contributed by atoms with Gasteiger partial charge in [-0.3, -0.25) is 4.79 Å². The number of rotatable bonds is 3. The molecule has 20 heavy (non-hydrogen) atoms. The molecule has 104 valence electrons. The molecule has 0 radical (unpaired) electrons. The number of carbonyl (C=O) groups excluding carboxylic acids is 1. The molecular weight excluding hydrogens is 256 g/mol. The standard InChI is InChI=1S/C14H16N4O2/c1-7-4-5-9(10(6-7)20-3)14-17-8(2)11(13(16)19)12(15)18-14/h4-6H,1-3H3,(H2,16,19)(H2,15,17,18). The van der Waals surface area contributed by atoms with Crippen molar-refractivity contribution in [2.24, 2.45) is 5.73 Å². The molecule has 6 nitrogen and oxygen atoms in total. The van der Waals surface area contributed by atoms with Crippen LogP contribution in [-0.4, -0.2) is 23.0 Å². The molecule has 0 bridgehead atoms. The minimum absolute atomic E-state index is 0.0719.